The largest absolute Gasteiger partial charge is 0.493 e. The van der Waals surface area contributed by atoms with Crippen molar-refractivity contribution in [2.75, 3.05) is 55.7 Å². The van der Waals surface area contributed by atoms with Crippen LogP contribution in [-0.2, 0) is 6.42 Å². The summed E-state index contributed by atoms with van der Waals surface area (Å²) in [6.07, 6.45) is 2.91. The van der Waals surface area contributed by atoms with Crippen LogP contribution in [0.4, 0.5) is 16.4 Å². The second kappa shape index (κ2) is 9.12. The van der Waals surface area contributed by atoms with Crippen LogP contribution in [0.15, 0.2) is 52.9 Å². The quantitative estimate of drug-likeness (QED) is 0.572. The molecule has 2 aromatic carbocycles. The number of benzene rings is 2. The van der Waals surface area contributed by atoms with Crippen LogP contribution in [0, 0.1) is 0 Å². The zero-order valence-electron chi connectivity index (χ0n) is 18.3. The molecule has 0 saturated carbocycles. The van der Waals surface area contributed by atoms with Crippen molar-refractivity contribution in [3.63, 3.8) is 0 Å². The zero-order valence-corrected chi connectivity index (χ0v) is 18.3. The highest BCUT2D eigenvalue weighted by atomic mass is 16.5. The maximum atomic E-state index is 12.0. The Morgan fingerprint density at radius 2 is 1.88 bits per heavy atom. The lowest BCUT2D eigenvalue weighted by molar-refractivity contribution is 0.248. The third kappa shape index (κ3) is 4.39. The number of fused-ring (bicyclic) bond motifs is 2. The van der Waals surface area contributed by atoms with Crippen LogP contribution in [0.25, 0.3) is 11.0 Å². The molecular weight excluding hydrogens is 404 g/mol. The molecule has 2 aliphatic rings. The summed E-state index contributed by atoms with van der Waals surface area (Å²) in [5.41, 5.74) is 9.02. The molecule has 168 valence electrons. The molecule has 1 aromatic heterocycles. The number of nitrogens with two attached hydrogens (primary N) is 1. The van der Waals surface area contributed by atoms with Crippen molar-refractivity contribution in [2.24, 2.45) is 5.73 Å². The number of rotatable bonds is 7. The average Bonchev–Trinajstić information content (AvgIpc) is 3.45. The second-order valence-electron chi connectivity index (χ2n) is 8.54. The van der Waals surface area contributed by atoms with Crippen LogP contribution < -0.4 is 20.3 Å². The molecule has 2 amide bonds. The first kappa shape index (κ1) is 20.7. The molecule has 3 aromatic rings. The summed E-state index contributed by atoms with van der Waals surface area (Å²) in [6.45, 7) is 6.56. The van der Waals surface area contributed by atoms with Crippen molar-refractivity contribution < 1.29 is 13.9 Å². The number of nitrogens with zero attached hydrogens (tertiary/aromatic N) is 3. The summed E-state index contributed by atoms with van der Waals surface area (Å²) in [5, 5.41) is 0.975. The monoisotopic (exact) mass is 434 g/mol. The van der Waals surface area contributed by atoms with Crippen molar-refractivity contribution in [3.05, 3.63) is 54.1 Å². The summed E-state index contributed by atoms with van der Waals surface area (Å²) in [6, 6.07) is 15.7. The van der Waals surface area contributed by atoms with Crippen LogP contribution in [0.1, 0.15) is 18.4 Å². The van der Waals surface area contributed by atoms with Gasteiger partial charge in [0, 0.05) is 56.3 Å². The van der Waals surface area contributed by atoms with Gasteiger partial charge in [-0.1, -0.05) is 18.2 Å². The minimum Gasteiger partial charge on any atom is -0.493 e. The van der Waals surface area contributed by atoms with E-state index < -0.39 is 6.03 Å². The molecule has 5 rings (SSSR count). The molecule has 1 fully saturated rings. The Kier molecular flexibility index (Phi) is 5.90. The topological polar surface area (TPSA) is 75.2 Å². The first-order chi connectivity index (χ1) is 15.7. The van der Waals surface area contributed by atoms with Crippen molar-refractivity contribution in [2.45, 2.75) is 19.3 Å². The van der Waals surface area contributed by atoms with Crippen LogP contribution in [0.3, 0.4) is 0 Å². The zero-order chi connectivity index (χ0) is 21.9. The summed E-state index contributed by atoms with van der Waals surface area (Å²) in [7, 11) is 0. The normalized spacial score (nSPS) is 16.2. The van der Waals surface area contributed by atoms with Gasteiger partial charge in [0.2, 0.25) is 5.88 Å². The fourth-order valence-electron chi connectivity index (χ4n) is 4.63. The first-order valence-electron chi connectivity index (χ1n) is 11.5. The third-order valence-corrected chi connectivity index (χ3v) is 6.46. The van der Waals surface area contributed by atoms with E-state index in [1.807, 2.05) is 30.3 Å². The van der Waals surface area contributed by atoms with E-state index in [0.717, 1.165) is 75.3 Å². The van der Waals surface area contributed by atoms with Crippen LogP contribution in [-0.4, -0.2) is 56.8 Å². The van der Waals surface area contributed by atoms with E-state index in [9.17, 15) is 4.79 Å². The number of carbonyl (C=O) groups excluding carboxylic acids is 1. The van der Waals surface area contributed by atoms with Gasteiger partial charge in [-0.2, -0.15) is 0 Å². The highest BCUT2D eigenvalue weighted by Gasteiger charge is 2.20. The lowest BCUT2D eigenvalue weighted by Gasteiger charge is -2.36. The number of carbonyl (C=O) groups is 1. The Morgan fingerprint density at radius 3 is 2.69 bits per heavy atom. The summed E-state index contributed by atoms with van der Waals surface area (Å²) in [5.74, 6) is 1.56. The Bertz CT molecular complexity index is 1050. The van der Waals surface area contributed by atoms with Crippen molar-refractivity contribution in [1.29, 1.82) is 0 Å². The highest BCUT2D eigenvalue weighted by Crippen LogP contribution is 2.30. The molecule has 7 nitrogen and oxygen atoms in total. The van der Waals surface area contributed by atoms with E-state index in [0.29, 0.717) is 12.4 Å². The first-order valence-corrected chi connectivity index (χ1v) is 11.5. The minimum absolute atomic E-state index is 0.475. The average molecular weight is 435 g/mol. The Hall–Kier alpha value is -3.19. The van der Waals surface area contributed by atoms with E-state index in [2.05, 4.69) is 28.0 Å². The molecule has 0 radical (unpaired) electrons. The predicted molar refractivity (Wildman–Crippen MR) is 127 cm³/mol. The molecule has 0 spiro atoms. The molecule has 7 heteroatoms. The number of hydrogen-bond acceptors (Lipinski definition) is 5. The smallest absolute Gasteiger partial charge is 0.321 e. The number of anilines is 2. The Balaban J connectivity index is 1.08. The maximum Gasteiger partial charge on any atom is 0.321 e. The van der Waals surface area contributed by atoms with Gasteiger partial charge in [-0.15, -0.1) is 0 Å². The molecule has 1 saturated heterocycles. The summed E-state index contributed by atoms with van der Waals surface area (Å²) >= 11 is 0. The van der Waals surface area contributed by atoms with Gasteiger partial charge in [0.05, 0.1) is 6.61 Å². The number of amides is 2. The lowest BCUT2D eigenvalue weighted by atomic mass is 10.1. The number of urea groups is 1. The number of para-hydroxylation sites is 1. The van der Waals surface area contributed by atoms with Gasteiger partial charge in [0.1, 0.15) is 11.3 Å². The van der Waals surface area contributed by atoms with E-state index in [1.165, 1.54) is 16.2 Å². The molecule has 0 bridgehead atoms. The van der Waals surface area contributed by atoms with Crippen LogP contribution in [0.2, 0.25) is 0 Å². The third-order valence-electron chi connectivity index (χ3n) is 6.46. The van der Waals surface area contributed by atoms with Crippen molar-refractivity contribution >= 4 is 28.6 Å². The number of unbranched alkanes of at least 4 members (excludes halogenated alkanes) is 1. The predicted octanol–water partition coefficient (Wildman–Crippen LogP) is 3.86. The van der Waals surface area contributed by atoms with Gasteiger partial charge < -0.3 is 19.8 Å². The fraction of sp³-hybridized carbons (Fsp3) is 0.400. The van der Waals surface area contributed by atoms with Gasteiger partial charge >= 0.3 is 6.03 Å². The summed E-state index contributed by atoms with van der Waals surface area (Å²) in [4.78, 5) is 18.5. The van der Waals surface area contributed by atoms with E-state index in [4.69, 9.17) is 14.9 Å². The number of primary amides is 1. The Labute approximate surface area is 188 Å². The lowest BCUT2D eigenvalue weighted by Crippen LogP contribution is -2.46. The number of ether oxygens (including phenoxy) is 1. The fourth-order valence-corrected chi connectivity index (χ4v) is 4.63. The molecule has 2 aliphatic heterocycles. The van der Waals surface area contributed by atoms with E-state index in [1.54, 1.807) is 0 Å². The molecule has 3 heterocycles. The SMILES string of the molecule is NC(=O)N(CCCCN1CCN(c2ccc3c(c2)CCO3)CC1)c1cc2ccccc2o1. The standard InChI is InChI=1S/C25H30N4O3/c26-25(30)29(24-18-19-5-1-2-6-23(19)32-24)11-4-3-10-27-12-14-28(15-13-27)21-7-8-22-20(17-21)9-16-31-22/h1-2,5-8,17-18H,3-4,9-16H2,(H2,26,30). The molecule has 2 N–H and O–H groups in total. The molecular formula is C25H30N4O3. The molecule has 0 unspecified atom stereocenters. The van der Waals surface area contributed by atoms with Gasteiger partial charge in [0.25, 0.3) is 0 Å². The maximum absolute atomic E-state index is 12.0. The van der Waals surface area contributed by atoms with Crippen molar-refractivity contribution in [3.8, 4) is 5.75 Å². The number of piperazine rings is 1. The van der Waals surface area contributed by atoms with Gasteiger partial charge in [-0.3, -0.25) is 9.80 Å². The summed E-state index contributed by atoms with van der Waals surface area (Å²) < 4.78 is 11.4. The van der Waals surface area contributed by atoms with Gasteiger partial charge in [-0.25, -0.2) is 4.79 Å². The highest BCUT2D eigenvalue weighted by molar-refractivity contribution is 5.92. The van der Waals surface area contributed by atoms with Crippen molar-refractivity contribution in [1.82, 2.24) is 4.90 Å². The van der Waals surface area contributed by atoms with Crippen LogP contribution >= 0.6 is 0 Å². The molecule has 0 atom stereocenters. The molecule has 32 heavy (non-hydrogen) atoms. The van der Waals surface area contributed by atoms with Crippen LogP contribution in [0.5, 0.6) is 5.75 Å². The molecule has 0 aliphatic carbocycles. The Morgan fingerprint density at radius 1 is 1.03 bits per heavy atom. The number of hydrogen-bond donors (Lipinski definition) is 1. The minimum atomic E-state index is -0.475. The van der Waals surface area contributed by atoms with E-state index >= 15 is 0 Å². The van der Waals surface area contributed by atoms with Gasteiger partial charge in [0.15, 0.2) is 0 Å². The number of furan rings is 1. The van der Waals surface area contributed by atoms with E-state index in [-0.39, 0.29) is 0 Å². The van der Waals surface area contributed by atoms with Gasteiger partial charge in [-0.05, 0) is 49.2 Å². The second-order valence-corrected chi connectivity index (χ2v) is 8.54.